The molecule has 0 aromatic heterocycles. The molecule has 0 heterocycles. The predicted molar refractivity (Wildman–Crippen MR) is 74.5 cm³/mol. The van der Waals surface area contributed by atoms with Crippen molar-refractivity contribution in [3.63, 3.8) is 0 Å². The third-order valence-corrected chi connectivity index (χ3v) is 3.68. The van der Waals surface area contributed by atoms with Gasteiger partial charge in [-0.2, -0.15) is 13.7 Å². The molecule has 0 aliphatic carbocycles. The van der Waals surface area contributed by atoms with E-state index in [0.29, 0.717) is 5.39 Å². The van der Waals surface area contributed by atoms with Crippen LogP contribution in [0.1, 0.15) is 0 Å². The normalized spacial score (nSPS) is 11.9. The molecule has 2 rings (SSSR count). The number of nitrogens with zero attached hydrogens (tertiary/aromatic N) is 2. The van der Waals surface area contributed by atoms with E-state index in [4.69, 9.17) is 11.0 Å². The van der Waals surface area contributed by atoms with Gasteiger partial charge in [0.25, 0.3) is 5.91 Å². The van der Waals surface area contributed by atoms with Crippen LogP contribution in [-0.4, -0.2) is 20.0 Å². The first kappa shape index (κ1) is 14.5. The van der Waals surface area contributed by atoms with Crippen molar-refractivity contribution in [1.29, 1.82) is 5.26 Å². The standard InChI is InChI=1S/C13H9N3O4S/c14-8-12(13(15)17)16-20-21(18,19)11-6-5-9-3-1-2-4-10(9)7-11/h1-7H,(H2,15,17)/b16-12+. The van der Waals surface area contributed by atoms with E-state index in [1.165, 1.54) is 18.2 Å². The summed E-state index contributed by atoms with van der Waals surface area (Å²) in [5.41, 5.74) is 3.99. The van der Waals surface area contributed by atoms with E-state index in [1.54, 1.807) is 18.2 Å². The number of rotatable bonds is 4. The van der Waals surface area contributed by atoms with Gasteiger partial charge in [-0.1, -0.05) is 30.3 Å². The van der Waals surface area contributed by atoms with Crippen LogP contribution in [0.25, 0.3) is 10.8 Å². The molecule has 2 aromatic rings. The highest BCUT2D eigenvalue weighted by Gasteiger charge is 2.18. The average Bonchev–Trinajstić information content (AvgIpc) is 2.47. The molecule has 0 saturated carbocycles. The second-order valence-corrected chi connectivity index (χ2v) is 5.48. The first-order chi connectivity index (χ1) is 9.94. The fourth-order valence-electron chi connectivity index (χ4n) is 1.57. The molecule has 2 N–H and O–H groups in total. The van der Waals surface area contributed by atoms with Gasteiger partial charge < -0.3 is 5.73 Å². The van der Waals surface area contributed by atoms with Crippen molar-refractivity contribution >= 4 is 32.5 Å². The minimum atomic E-state index is -4.24. The van der Waals surface area contributed by atoms with Gasteiger partial charge in [0.05, 0.1) is 0 Å². The van der Waals surface area contributed by atoms with E-state index in [1.807, 2.05) is 12.1 Å². The van der Waals surface area contributed by atoms with Crippen molar-refractivity contribution in [3.05, 3.63) is 42.5 Å². The number of fused-ring (bicyclic) bond motifs is 1. The van der Waals surface area contributed by atoms with Crippen LogP contribution >= 0.6 is 0 Å². The summed E-state index contributed by atoms with van der Waals surface area (Å²) < 4.78 is 28.2. The molecule has 0 aliphatic heterocycles. The van der Waals surface area contributed by atoms with Crippen molar-refractivity contribution in [2.45, 2.75) is 4.90 Å². The van der Waals surface area contributed by atoms with Crippen molar-refractivity contribution in [2.24, 2.45) is 10.9 Å². The molecule has 0 saturated heterocycles. The first-order valence-electron chi connectivity index (χ1n) is 5.64. The maximum atomic E-state index is 11.9. The highest BCUT2D eigenvalue weighted by molar-refractivity contribution is 7.86. The van der Waals surface area contributed by atoms with Crippen LogP contribution in [0.3, 0.4) is 0 Å². The minimum Gasteiger partial charge on any atom is -0.364 e. The summed E-state index contributed by atoms with van der Waals surface area (Å²) in [6.07, 6.45) is 0. The quantitative estimate of drug-likeness (QED) is 0.664. The van der Waals surface area contributed by atoms with Crippen LogP contribution in [-0.2, 0) is 19.2 Å². The molecule has 0 bridgehead atoms. The minimum absolute atomic E-state index is 0.147. The van der Waals surface area contributed by atoms with Gasteiger partial charge in [0.15, 0.2) is 0 Å². The molecule has 1 amide bonds. The zero-order valence-corrected chi connectivity index (χ0v) is 11.4. The van der Waals surface area contributed by atoms with Crippen molar-refractivity contribution in [1.82, 2.24) is 0 Å². The molecule has 0 aliphatic rings. The largest absolute Gasteiger partial charge is 0.364 e. The lowest BCUT2D eigenvalue weighted by Crippen LogP contribution is -2.22. The first-order valence-corrected chi connectivity index (χ1v) is 7.05. The smallest absolute Gasteiger partial charge is 0.358 e. The SMILES string of the molecule is N#C/C(=N\OS(=O)(=O)c1ccc2ccccc2c1)C(N)=O. The molecule has 0 spiro atoms. The van der Waals surface area contributed by atoms with Crippen LogP contribution in [0, 0.1) is 11.3 Å². The van der Waals surface area contributed by atoms with Gasteiger partial charge >= 0.3 is 10.1 Å². The number of primary amides is 1. The van der Waals surface area contributed by atoms with E-state index in [9.17, 15) is 13.2 Å². The van der Waals surface area contributed by atoms with Gasteiger partial charge in [-0.25, -0.2) is 0 Å². The summed E-state index contributed by atoms with van der Waals surface area (Å²) in [6.45, 7) is 0. The average molecular weight is 303 g/mol. The van der Waals surface area contributed by atoms with Gasteiger partial charge in [-0.15, -0.1) is 0 Å². The summed E-state index contributed by atoms with van der Waals surface area (Å²) in [5.74, 6) is -1.17. The van der Waals surface area contributed by atoms with E-state index >= 15 is 0 Å². The fraction of sp³-hybridized carbons (Fsp3) is 0. The van der Waals surface area contributed by atoms with Gasteiger partial charge in [0, 0.05) is 0 Å². The Labute approximate surface area is 120 Å². The molecule has 0 fully saturated rings. The van der Waals surface area contributed by atoms with Crippen LogP contribution in [0.5, 0.6) is 0 Å². The molecule has 0 unspecified atom stereocenters. The zero-order chi connectivity index (χ0) is 15.5. The summed E-state index contributed by atoms with van der Waals surface area (Å²) in [4.78, 5) is 10.6. The lowest BCUT2D eigenvalue weighted by Gasteiger charge is -2.03. The summed E-state index contributed by atoms with van der Waals surface area (Å²) >= 11 is 0. The second kappa shape index (κ2) is 5.60. The highest BCUT2D eigenvalue weighted by Crippen LogP contribution is 2.20. The third kappa shape index (κ3) is 3.16. The highest BCUT2D eigenvalue weighted by atomic mass is 32.2. The van der Waals surface area contributed by atoms with Crippen LogP contribution < -0.4 is 5.73 Å². The van der Waals surface area contributed by atoms with Gasteiger partial charge in [0.1, 0.15) is 11.0 Å². The number of hydrogen-bond acceptors (Lipinski definition) is 6. The molecule has 0 atom stereocenters. The van der Waals surface area contributed by atoms with Crippen molar-refractivity contribution < 1.29 is 17.5 Å². The predicted octanol–water partition coefficient (Wildman–Crippen LogP) is 0.910. The summed E-state index contributed by atoms with van der Waals surface area (Å²) in [7, 11) is -4.24. The molecule has 8 heteroatoms. The molecule has 0 radical (unpaired) electrons. The van der Waals surface area contributed by atoms with Crippen LogP contribution in [0.2, 0.25) is 0 Å². The van der Waals surface area contributed by atoms with Crippen LogP contribution in [0.15, 0.2) is 52.5 Å². The third-order valence-electron chi connectivity index (χ3n) is 2.58. The Hall–Kier alpha value is -2.92. The summed E-state index contributed by atoms with van der Waals surface area (Å²) in [5, 5.41) is 13.1. The number of nitriles is 1. The zero-order valence-electron chi connectivity index (χ0n) is 10.6. The molecule has 106 valence electrons. The van der Waals surface area contributed by atoms with Gasteiger partial charge in [-0.05, 0) is 28.1 Å². The Morgan fingerprint density at radius 1 is 1.19 bits per heavy atom. The van der Waals surface area contributed by atoms with E-state index in [-0.39, 0.29) is 4.90 Å². The molecule has 7 nitrogen and oxygen atoms in total. The van der Waals surface area contributed by atoms with Crippen LogP contribution in [0.4, 0.5) is 0 Å². The maximum Gasteiger partial charge on any atom is 0.358 e. The Morgan fingerprint density at radius 3 is 2.48 bits per heavy atom. The molecule has 2 aromatic carbocycles. The topological polar surface area (TPSA) is 123 Å². The molecule has 21 heavy (non-hydrogen) atoms. The number of amides is 1. The van der Waals surface area contributed by atoms with E-state index in [2.05, 4.69) is 9.44 Å². The van der Waals surface area contributed by atoms with Crippen molar-refractivity contribution in [2.75, 3.05) is 0 Å². The molecular formula is C13H9N3O4S. The summed E-state index contributed by atoms with van der Waals surface area (Å²) in [6, 6.07) is 12.8. The number of carbonyl (C=O) groups excluding carboxylic acids is 1. The Morgan fingerprint density at radius 2 is 1.86 bits per heavy atom. The Bertz CT molecular complexity index is 882. The fourth-order valence-corrected chi connectivity index (χ4v) is 2.34. The van der Waals surface area contributed by atoms with Crippen molar-refractivity contribution in [3.8, 4) is 6.07 Å². The molecular weight excluding hydrogens is 294 g/mol. The lowest BCUT2D eigenvalue weighted by molar-refractivity contribution is -0.111. The monoisotopic (exact) mass is 303 g/mol. The Balaban J connectivity index is 2.38. The van der Waals surface area contributed by atoms with E-state index < -0.39 is 21.7 Å². The number of hydrogen-bond donors (Lipinski definition) is 1. The maximum absolute atomic E-state index is 11.9. The lowest BCUT2D eigenvalue weighted by atomic mass is 10.1. The number of nitrogens with two attached hydrogens (primary N) is 1. The number of benzene rings is 2. The van der Waals surface area contributed by atoms with Gasteiger partial charge in [-0.3, -0.25) is 9.08 Å². The second-order valence-electron chi connectivity index (χ2n) is 3.95. The Kier molecular flexibility index (Phi) is 3.86. The van der Waals surface area contributed by atoms with Gasteiger partial charge in [0.2, 0.25) is 5.71 Å². The number of carbonyl (C=O) groups is 1. The number of oxime groups is 1. The van der Waals surface area contributed by atoms with E-state index in [0.717, 1.165) is 5.39 Å².